The lowest BCUT2D eigenvalue weighted by molar-refractivity contribution is 0.0606. The first kappa shape index (κ1) is 18.9. The lowest BCUT2D eigenvalue weighted by Crippen LogP contribution is -2.39. The zero-order valence-corrected chi connectivity index (χ0v) is 16.3. The van der Waals surface area contributed by atoms with Gasteiger partial charge in [-0.1, -0.05) is 12.1 Å². The first-order chi connectivity index (χ1) is 14.2. The Morgan fingerprint density at radius 3 is 2.83 bits per heavy atom. The van der Waals surface area contributed by atoms with Crippen LogP contribution in [0.3, 0.4) is 0 Å². The van der Waals surface area contributed by atoms with Crippen LogP contribution in [0.2, 0.25) is 0 Å². The van der Waals surface area contributed by atoms with Crippen molar-refractivity contribution in [2.45, 2.75) is 25.3 Å². The Morgan fingerprint density at radius 1 is 1.21 bits per heavy atom. The molecule has 4 rings (SSSR count). The lowest BCUT2D eigenvalue weighted by Gasteiger charge is -2.36. The summed E-state index contributed by atoms with van der Waals surface area (Å²) in [5.74, 6) is 0.929. The van der Waals surface area contributed by atoms with Gasteiger partial charge < -0.3 is 15.4 Å². The topological polar surface area (TPSA) is 94.2 Å². The Kier molecular flexibility index (Phi) is 5.37. The number of hydrogen-bond acceptors (Lipinski definition) is 6. The van der Waals surface area contributed by atoms with Crippen molar-refractivity contribution in [3.8, 4) is 16.9 Å². The predicted molar refractivity (Wildman–Crippen MR) is 110 cm³/mol. The van der Waals surface area contributed by atoms with Crippen molar-refractivity contribution in [2.75, 3.05) is 19.4 Å². The fraction of sp³-hybridized carbons (Fsp3) is 0.273. The minimum atomic E-state index is -0.170. The molecule has 0 saturated carbocycles. The van der Waals surface area contributed by atoms with Gasteiger partial charge in [-0.15, -0.1) is 0 Å². The van der Waals surface area contributed by atoms with Crippen LogP contribution < -0.4 is 10.5 Å². The summed E-state index contributed by atoms with van der Waals surface area (Å²) in [5.41, 5.74) is 9.13. The number of aromatic nitrogens is 3. The van der Waals surface area contributed by atoms with E-state index in [0.29, 0.717) is 12.1 Å². The van der Waals surface area contributed by atoms with Crippen molar-refractivity contribution in [3.63, 3.8) is 0 Å². The third kappa shape index (κ3) is 3.89. The predicted octanol–water partition coefficient (Wildman–Crippen LogP) is 3.50. The van der Waals surface area contributed by atoms with Gasteiger partial charge in [0.05, 0.1) is 18.8 Å². The molecule has 1 fully saturated rings. The molecule has 0 bridgehead atoms. The Morgan fingerprint density at radius 2 is 2.03 bits per heavy atom. The zero-order chi connectivity index (χ0) is 20.2. The number of carbonyl (C=O) groups is 1. The van der Waals surface area contributed by atoms with Gasteiger partial charge in [0.1, 0.15) is 5.75 Å². The number of nitrogens with two attached hydrogens (primary N) is 1. The molecule has 148 valence electrons. The van der Waals surface area contributed by atoms with Crippen LogP contribution in [0.5, 0.6) is 5.75 Å². The summed E-state index contributed by atoms with van der Waals surface area (Å²) >= 11 is 0. The smallest absolute Gasteiger partial charge is 0.254 e. The van der Waals surface area contributed by atoms with E-state index in [-0.39, 0.29) is 17.9 Å². The normalized spacial score (nSPS) is 16.4. The summed E-state index contributed by atoms with van der Waals surface area (Å²) in [4.78, 5) is 27.9. The molecular formula is C22H23N5O2. The Bertz CT molecular complexity index is 1010. The molecule has 29 heavy (non-hydrogen) atoms. The Hall–Kier alpha value is -3.48. The standard InChI is InChI=1S/C22H23N5O2/c1-29-17-6-4-5-16(13-17)18-14-25-22(23)26-20(18)19-7-2-3-12-27(19)21(28)15-8-10-24-11-9-15/h4-6,8-11,13-14,19H,2-3,7,12H2,1H3,(H2,23,25,26)/t19-/m0/s1. The molecule has 3 heterocycles. The summed E-state index contributed by atoms with van der Waals surface area (Å²) in [6, 6.07) is 11.1. The molecule has 1 aliphatic heterocycles. The SMILES string of the molecule is COc1cccc(-c2cnc(N)nc2[C@@H]2CCCCN2C(=O)c2ccncc2)c1. The van der Waals surface area contributed by atoms with Crippen molar-refractivity contribution in [1.29, 1.82) is 0 Å². The molecule has 1 aliphatic rings. The fourth-order valence-corrected chi connectivity index (χ4v) is 3.80. The molecular weight excluding hydrogens is 366 g/mol. The number of nitrogens with zero attached hydrogens (tertiary/aromatic N) is 4. The highest BCUT2D eigenvalue weighted by Gasteiger charge is 2.32. The first-order valence-electron chi connectivity index (χ1n) is 9.65. The van der Waals surface area contributed by atoms with Crippen LogP contribution >= 0.6 is 0 Å². The molecule has 3 aromatic rings. The van der Waals surface area contributed by atoms with E-state index in [1.165, 1.54) is 0 Å². The van der Waals surface area contributed by atoms with E-state index in [4.69, 9.17) is 10.5 Å². The summed E-state index contributed by atoms with van der Waals surface area (Å²) in [6.45, 7) is 0.674. The highest BCUT2D eigenvalue weighted by atomic mass is 16.5. The van der Waals surface area contributed by atoms with Gasteiger partial charge in [-0.25, -0.2) is 9.97 Å². The number of anilines is 1. The van der Waals surface area contributed by atoms with E-state index in [1.807, 2.05) is 29.2 Å². The maximum Gasteiger partial charge on any atom is 0.254 e. The molecule has 2 N–H and O–H groups in total. The molecule has 1 atom stereocenters. The van der Waals surface area contributed by atoms with Crippen molar-refractivity contribution in [1.82, 2.24) is 19.9 Å². The van der Waals surface area contributed by atoms with E-state index in [2.05, 4.69) is 15.0 Å². The van der Waals surface area contributed by atoms with Crippen molar-refractivity contribution >= 4 is 11.9 Å². The summed E-state index contributed by atoms with van der Waals surface area (Å²) in [6.07, 6.45) is 7.81. The molecule has 1 amide bonds. The molecule has 0 spiro atoms. The van der Waals surface area contributed by atoms with Crippen LogP contribution in [0, 0.1) is 0 Å². The highest BCUT2D eigenvalue weighted by molar-refractivity contribution is 5.94. The van der Waals surface area contributed by atoms with Crippen molar-refractivity contribution in [3.05, 3.63) is 66.2 Å². The second kappa shape index (κ2) is 8.26. The number of nitrogen functional groups attached to an aromatic ring is 1. The largest absolute Gasteiger partial charge is 0.497 e. The monoisotopic (exact) mass is 389 g/mol. The van der Waals surface area contributed by atoms with E-state index in [9.17, 15) is 4.79 Å². The van der Waals surface area contributed by atoms with E-state index in [0.717, 1.165) is 41.8 Å². The second-order valence-electron chi connectivity index (χ2n) is 7.01. The van der Waals surface area contributed by atoms with Gasteiger partial charge in [-0.3, -0.25) is 9.78 Å². The van der Waals surface area contributed by atoms with Gasteiger partial charge in [-0.2, -0.15) is 0 Å². The summed E-state index contributed by atoms with van der Waals surface area (Å²) in [5, 5.41) is 0. The second-order valence-corrected chi connectivity index (χ2v) is 7.01. The zero-order valence-electron chi connectivity index (χ0n) is 16.3. The van der Waals surface area contributed by atoms with Gasteiger partial charge in [0.2, 0.25) is 5.95 Å². The minimum Gasteiger partial charge on any atom is -0.497 e. The third-order valence-corrected chi connectivity index (χ3v) is 5.22. The minimum absolute atomic E-state index is 0.0223. The van der Waals surface area contributed by atoms with Crippen LogP contribution in [-0.4, -0.2) is 39.4 Å². The Labute approximate surface area is 169 Å². The fourth-order valence-electron chi connectivity index (χ4n) is 3.80. The number of hydrogen-bond donors (Lipinski definition) is 1. The van der Waals surface area contributed by atoms with Crippen LogP contribution in [-0.2, 0) is 0 Å². The lowest BCUT2D eigenvalue weighted by atomic mass is 9.93. The van der Waals surface area contributed by atoms with E-state index >= 15 is 0 Å². The summed E-state index contributed by atoms with van der Waals surface area (Å²) in [7, 11) is 1.63. The molecule has 0 unspecified atom stereocenters. The number of ether oxygens (including phenoxy) is 1. The molecule has 1 aromatic carbocycles. The van der Waals surface area contributed by atoms with Gasteiger partial charge in [0.25, 0.3) is 5.91 Å². The van der Waals surface area contributed by atoms with E-state index in [1.54, 1.807) is 37.8 Å². The number of amides is 1. The highest BCUT2D eigenvalue weighted by Crippen LogP contribution is 2.37. The van der Waals surface area contributed by atoms with Crippen LogP contribution in [0.1, 0.15) is 41.4 Å². The van der Waals surface area contributed by atoms with Crippen molar-refractivity contribution < 1.29 is 9.53 Å². The number of pyridine rings is 1. The summed E-state index contributed by atoms with van der Waals surface area (Å²) < 4.78 is 5.37. The first-order valence-corrected chi connectivity index (χ1v) is 9.65. The van der Waals surface area contributed by atoms with Gasteiger partial charge in [-0.05, 0) is 49.1 Å². The van der Waals surface area contributed by atoms with Gasteiger partial charge in [0, 0.05) is 36.3 Å². The maximum atomic E-state index is 13.2. The molecule has 0 radical (unpaired) electrons. The number of benzene rings is 1. The number of piperidine rings is 1. The molecule has 0 aliphatic carbocycles. The number of rotatable bonds is 4. The average Bonchev–Trinajstić information content (AvgIpc) is 2.79. The van der Waals surface area contributed by atoms with Crippen molar-refractivity contribution in [2.24, 2.45) is 0 Å². The average molecular weight is 389 g/mol. The number of likely N-dealkylation sites (tertiary alicyclic amines) is 1. The number of carbonyl (C=O) groups excluding carboxylic acids is 1. The molecule has 2 aromatic heterocycles. The molecule has 1 saturated heterocycles. The molecule has 7 nitrogen and oxygen atoms in total. The molecule has 7 heteroatoms. The Balaban J connectivity index is 1.77. The number of methoxy groups -OCH3 is 1. The van der Waals surface area contributed by atoms with Crippen LogP contribution in [0.4, 0.5) is 5.95 Å². The van der Waals surface area contributed by atoms with E-state index < -0.39 is 0 Å². The van der Waals surface area contributed by atoms with Crippen LogP contribution in [0.15, 0.2) is 55.0 Å². The van der Waals surface area contributed by atoms with Gasteiger partial charge >= 0.3 is 0 Å². The van der Waals surface area contributed by atoms with Gasteiger partial charge in [0.15, 0.2) is 0 Å². The third-order valence-electron chi connectivity index (χ3n) is 5.22. The quantitative estimate of drug-likeness (QED) is 0.734. The maximum absolute atomic E-state index is 13.2. The van der Waals surface area contributed by atoms with Crippen LogP contribution in [0.25, 0.3) is 11.1 Å².